The molecule has 1 rings (SSSR count). The number of hydrogen-bond acceptors (Lipinski definition) is 1. The van der Waals surface area contributed by atoms with Crippen LogP contribution in [-0.2, 0) is 4.74 Å². The summed E-state index contributed by atoms with van der Waals surface area (Å²) in [6.07, 6.45) is 7.34. The molecule has 4 atom stereocenters. The third-order valence-electron chi connectivity index (χ3n) is 4.09. The Morgan fingerprint density at radius 1 is 1.27 bits per heavy atom. The van der Waals surface area contributed by atoms with Crippen molar-refractivity contribution < 1.29 is 4.74 Å². The van der Waals surface area contributed by atoms with E-state index >= 15 is 0 Å². The molecule has 0 heterocycles. The molecule has 1 aliphatic carbocycles. The molecule has 1 heteroatoms. The second-order valence-electron chi connectivity index (χ2n) is 5.31. The molecule has 1 nitrogen and oxygen atoms in total. The van der Waals surface area contributed by atoms with E-state index in [1.807, 2.05) is 0 Å². The van der Waals surface area contributed by atoms with E-state index in [0.717, 1.165) is 24.4 Å². The first-order valence-electron chi connectivity index (χ1n) is 6.80. The zero-order valence-electron chi connectivity index (χ0n) is 11.0. The van der Waals surface area contributed by atoms with E-state index in [9.17, 15) is 0 Å². The van der Waals surface area contributed by atoms with Crippen LogP contribution in [-0.4, -0.2) is 12.7 Å². The quantitative estimate of drug-likeness (QED) is 0.661. The number of ether oxygens (including phenoxy) is 1. The molecule has 1 aliphatic rings. The highest BCUT2D eigenvalue weighted by atomic mass is 16.5. The maximum atomic E-state index is 5.85. The third-order valence-corrected chi connectivity index (χ3v) is 4.09. The molecule has 15 heavy (non-hydrogen) atoms. The Labute approximate surface area is 95.6 Å². The molecule has 1 saturated carbocycles. The minimum atomic E-state index is 0.535. The summed E-state index contributed by atoms with van der Waals surface area (Å²) in [7, 11) is 0. The normalized spacial score (nSPS) is 34.0. The lowest BCUT2D eigenvalue weighted by molar-refractivity contribution is -0.0230. The van der Waals surface area contributed by atoms with Crippen molar-refractivity contribution in [3.8, 4) is 0 Å². The minimum Gasteiger partial charge on any atom is -0.378 e. The molecule has 90 valence electrons. The molecular weight excluding hydrogens is 184 g/mol. The monoisotopic (exact) mass is 212 g/mol. The molecular formula is C14H28O. The summed E-state index contributed by atoms with van der Waals surface area (Å²) in [5.41, 5.74) is 0. The molecule has 0 radical (unpaired) electrons. The highest BCUT2D eigenvalue weighted by Crippen LogP contribution is 2.36. The lowest BCUT2D eigenvalue weighted by Gasteiger charge is -2.36. The van der Waals surface area contributed by atoms with Crippen LogP contribution in [0, 0.1) is 17.8 Å². The fourth-order valence-electron chi connectivity index (χ4n) is 2.97. The van der Waals surface area contributed by atoms with E-state index in [-0.39, 0.29) is 0 Å². The van der Waals surface area contributed by atoms with Gasteiger partial charge < -0.3 is 4.74 Å². The second kappa shape index (κ2) is 6.52. The number of hydrogen-bond donors (Lipinski definition) is 0. The molecule has 2 unspecified atom stereocenters. The Morgan fingerprint density at radius 2 is 2.00 bits per heavy atom. The van der Waals surface area contributed by atoms with Crippen molar-refractivity contribution in [2.24, 2.45) is 17.8 Å². The fourth-order valence-corrected chi connectivity index (χ4v) is 2.97. The van der Waals surface area contributed by atoms with Gasteiger partial charge in [0.1, 0.15) is 0 Å². The summed E-state index contributed by atoms with van der Waals surface area (Å²) in [4.78, 5) is 0. The lowest BCUT2D eigenvalue weighted by atomic mass is 9.74. The third kappa shape index (κ3) is 3.79. The van der Waals surface area contributed by atoms with Gasteiger partial charge in [-0.2, -0.15) is 0 Å². The maximum absolute atomic E-state index is 5.85. The summed E-state index contributed by atoms with van der Waals surface area (Å²) in [5, 5.41) is 0. The Hall–Kier alpha value is -0.0400. The summed E-state index contributed by atoms with van der Waals surface area (Å²) in [6.45, 7) is 10.1. The molecule has 0 aromatic carbocycles. The topological polar surface area (TPSA) is 9.23 Å². The summed E-state index contributed by atoms with van der Waals surface area (Å²) >= 11 is 0. The van der Waals surface area contributed by atoms with Gasteiger partial charge >= 0.3 is 0 Å². The molecule has 0 aliphatic heterocycles. The van der Waals surface area contributed by atoms with E-state index in [1.165, 1.54) is 32.1 Å². The highest BCUT2D eigenvalue weighted by molar-refractivity contribution is 4.81. The first kappa shape index (κ1) is 13.0. The van der Waals surface area contributed by atoms with Crippen LogP contribution in [0.3, 0.4) is 0 Å². The Kier molecular flexibility index (Phi) is 5.66. The van der Waals surface area contributed by atoms with Crippen LogP contribution in [0.2, 0.25) is 0 Å². The van der Waals surface area contributed by atoms with Crippen molar-refractivity contribution in [1.82, 2.24) is 0 Å². The van der Waals surface area contributed by atoms with Crippen LogP contribution in [0.1, 0.15) is 59.8 Å². The Morgan fingerprint density at radius 3 is 2.60 bits per heavy atom. The van der Waals surface area contributed by atoms with Crippen molar-refractivity contribution in [3.05, 3.63) is 0 Å². The summed E-state index contributed by atoms with van der Waals surface area (Å²) in [5.74, 6) is 2.58. The van der Waals surface area contributed by atoms with Gasteiger partial charge in [0.05, 0.1) is 6.10 Å². The average Bonchev–Trinajstić information content (AvgIpc) is 2.22. The molecule has 0 amide bonds. The van der Waals surface area contributed by atoms with E-state index in [4.69, 9.17) is 4.74 Å². The molecule has 0 aromatic heterocycles. The largest absolute Gasteiger partial charge is 0.378 e. The van der Waals surface area contributed by atoms with Crippen LogP contribution >= 0.6 is 0 Å². The first-order valence-corrected chi connectivity index (χ1v) is 6.80. The fraction of sp³-hybridized carbons (Fsp3) is 1.00. The van der Waals surface area contributed by atoms with Gasteiger partial charge in [-0.25, -0.2) is 0 Å². The van der Waals surface area contributed by atoms with Gasteiger partial charge in [0, 0.05) is 6.61 Å². The van der Waals surface area contributed by atoms with Gasteiger partial charge in [-0.15, -0.1) is 0 Å². The van der Waals surface area contributed by atoms with E-state index < -0.39 is 0 Å². The lowest BCUT2D eigenvalue weighted by Crippen LogP contribution is -2.32. The zero-order chi connectivity index (χ0) is 11.3. The Balaban J connectivity index is 2.42. The van der Waals surface area contributed by atoms with Gasteiger partial charge in [-0.1, -0.05) is 33.6 Å². The first-order chi connectivity index (χ1) is 7.19. The van der Waals surface area contributed by atoms with Crippen LogP contribution in [0.15, 0.2) is 0 Å². The predicted molar refractivity (Wildman–Crippen MR) is 66.0 cm³/mol. The SMILES string of the molecule is CCC[C@@H](C)C1CC[C@H](C)C(OCC)C1. The van der Waals surface area contributed by atoms with Gasteiger partial charge in [-0.3, -0.25) is 0 Å². The second-order valence-corrected chi connectivity index (χ2v) is 5.31. The van der Waals surface area contributed by atoms with E-state index in [1.54, 1.807) is 0 Å². The van der Waals surface area contributed by atoms with Crippen molar-refractivity contribution in [3.63, 3.8) is 0 Å². The average molecular weight is 212 g/mol. The van der Waals surface area contributed by atoms with E-state index in [0.29, 0.717) is 6.10 Å². The van der Waals surface area contributed by atoms with Crippen molar-refractivity contribution in [2.45, 2.75) is 65.9 Å². The van der Waals surface area contributed by atoms with Crippen molar-refractivity contribution >= 4 is 0 Å². The van der Waals surface area contributed by atoms with Gasteiger partial charge in [0.25, 0.3) is 0 Å². The highest BCUT2D eigenvalue weighted by Gasteiger charge is 2.30. The van der Waals surface area contributed by atoms with Gasteiger partial charge in [-0.05, 0) is 43.9 Å². The molecule has 0 aromatic rings. The molecule has 1 fully saturated rings. The molecule has 0 saturated heterocycles. The summed E-state index contributed by atoms with van der Waals surface area (Å²) in [6, 6.07) is 0. The van der Waals surface area contributed by atoms with Crippen LogP contribution in [0.5, 0.6) is 0 Å². The molecule has 0 spiro atoms. The molecule has 0 N–H and O–H groups in total. The van der Waals surface area contributed by atoms with Crippen LogP contribution in [0.25, 0.3) is 0 Å². The van der Waals surface area contributed by atoms with Gasteiger partial charge in [0.2, 0.25) is 0 Å². The van der Waals surface area contributed by atoms with Crippen LogP contribution < -0.4 is 0 Å². The maximum Gasteiger partial charge on any atom is 0.0603 e. The van der Waals surface area contributed by atoms with Crippen molar-refractivity contribution in [1.29, 1.82) is 0 Å². The van der Waals surface area contributed by atoms with Gasteiger partial charge in [0.15, 0.2) is 0 Å². The zero-order valence-corrected chi connectivity index (χ0v) is 11.0. The minimum absolute atomic E-state index is 0.535. The van der Waals surface area contributed by atoms with Crippen molar-refractivity contribution in [2.75, 3.05) is 6.61 Å². The van der Waals surface area contributed by atoms with Crippen LogP contribution in [0.4, 0.5) is 0 Å². The predicted octanol–water partition coefficient (Wildman–Crippen LogP) is 4.26. The van der Waals surface area contributed by atoms with E-state index in [2.05, 4.69) is 27.7 Å². The summed E-state index contributed by atoms with van der Waals surface area (Å²) < 4.78 is 5.85. The Bertz CT molecular complexity index is 167. The standard InChI is InChI=1S/C14H28O/c1-5-7-11(3)13-9-8-12(4)14(10-13)15-6-2/h11-14H,5-10H2,1-4H3/t11-,12+,13?,14?/m1/s1. The molecule has 0 bridgehead atoms. The smallest absolute Gasteiger partial charge is 0.0603 e. The number of rotatable bonds is 5.